The fraction of sp³-hybridized carbons (Fsp3) is 0.791. The first-order valence-corrected chi connectivity index (χ1v) is 22.3. The lowest BCUT2D eigenvalue weighted by atomic mass is 10.1. The van der Waals surface area contributed by atoms with Gasteiger partial charge in [0.25, 0.3) is 7.82 Å². The third kappa shape index (κ3) is 39.7. The molecule has 0 aliphatic carbocycles. The number of likely N-dealkylation sites (N-methyl/N-ethyl adjacent to an activating group) is 1. The molecule has 0 saturated carbocycles. The van der Waals surface area contributed by atoms with Gasteiger partial charge in [-0.25, -0.2) is 0 Å². The predicted octanol–water partition coefficient (Wildman–Crippen LogP) is 11.4. The van der Waals surface area contributed by atoms with Crippen LogP contribution in [0.1, 0.15) is 162 Å². The molecule has 2 unspecified atom stereocenters. The SMILES string of the molecule is CCC/C=C\CCCCCCCC(=O)OC(COCCCCCCCCC/C=C\C/C=C\C/C=C\CCCCC)COP(=O)([O-])OCC[N+](C)(C)C. The molecule has 2 atom stereocenters. The van der Waals surface area contributed by atoms with Crippen LogP contribution in [0.2, 0.25) is 0 Å². The minimum atomic E-state index is -4.52. The second-order valence-electron chi connectivity index (χ2n) is 15.0. The lowest BCUT2D eigenvalue weighted by Gasteiger charge is -2.28. The molecular weight excluding hydrogens is 673 g/mol. The lowest BCUT2D eigenvalue weighted by Crippen LogP contribution is -2.37. The highest BCUT2D eigenvalue weighted by Crippen LogP contribution is 2.38. The molecule has 0 fully saturated rings. The Bertz CT molecular complexity index is 973. The van der Waals surface area contributed by atoms with Gasteiger partial charge in [0, 0.05) is 13.0 Å². The number of allylic oxidation sites excluding steroid dienone is 8. The van der Waals surface area contributed by atoms with Crippen LogP contribution in [0.3, 0.4) is 0 Å². The van der Waals surface area contributed by atoms with Gasteiger partial charge < -0.3 is 27.9 Å². The maximum Gasteiger partial charge on any atom is 0.306 e. The molecular formula is C43H80NO7P. The first-order valence-electron chi connectivity index (χ1n) is 20.9. The summed E-state index contributed by atoms with van der Waals surface area (Å²) < 4.78 is 34.5. The van der Waals surface area contributed by atoms with Gasteiger partial charge in [0.1, 0.15) is 19.3 Å². The number of nitrogens with zero attached hydrogens (tertiary/aromatic N) is 1. The number of unbranched alkanes of at least 4 members (excludes halogenated alkanes) is 16. The summed E-state index contributed by atoms with van der Waals surface area (Å²) in [5.74, 6) is -0.352. The smallest absolute Gasteiger partial charge is 0.306 e. The lowest BCUT2D eigenvalue weighted by molar-refractivity contribution is -0.870. The molecule has 8 nitrogen and oxygen atoms in total. The molecule has 0 aliphatic heterocycles. The quantitative estimate of drug-likeness (QED) is 0.0204. The van der Waals surface area contributed by atoms with Crippen LogP contribution in [0.15, 0.2) is 48.6 Å². The number of carbonyl (C=O) groups is 1. The van der Waals surface area contributed by atoms with E-state index in [0.29, 0.717) is 24.1 Å². The summed E-state index contributed by atoms with van der Waals surface area (Å²) in [5.41, 5.74) is 0. The zero-order valence-corrected chi connectivity index (χ0v) is 35.1. The predicted molar refractivity (Wildman–Crippen MR) is 217 cm³/mol. The van der Waals surface area contributed by atoms with E-state index in [9.17, 15) is 14.3 Å². The molecule has 0 aromatic carbocycles. The van der Waals surface area contributed by atoms with Gasteiger partial charge in [-0.05, 0) is 70.6 Å². The minimum absolute atomic E-state index is 0.0207. The van der Waals surface area contributed by atoms with Crippen LogP contribution in [-0.4, -0.2) is 70.7 Å². The molecule has 0 aliphatic rings. The van der Waals surface area contributed by atoms with Crippen LogP contribution in [0.5, 0.6) is 0 Å². The van der Waals surface area contributed by atoms with Crippen LogP contribution >= 0.6 is 7.82 Å². The van der Waals surface area contributed by atoms with Crippen molar-refractivity contribution in [2.24, 2.45) is 0 Å². The third-order valence-electron chi connectivity index (χ3n) is 8.58. The fourth-order valence-electron chi connectivity index (χ4n) is 5.32. The third-order valence-corrected chi connectivity index (χ3v) is 9.55. The van der Waals surface area contributed by atoms with E-state index in [2.05, 4.69) is 62.5 Å². The van der Waals surface area contributed by atoms with E-state index in [0.717, 1.165) is 77.0 Å². The number of phosphoric acid groups is 1. The van der Waals surface area contributed by atoms with E-state index in [1.54, 1.807) is 0 Å². The number of rotatable bonds is 38. The molecule has 0 heterocycles. The average Bonchev–Trinajstić information content (AvgIpc) is 3.09. The Labute approximate surface area is 320 Å². The standard InChI is InChI=1S/C43H80NO7P/c1-6-8-10-12-14-16-18-19-20-21-22-23-24-25-26-27-29-31-33-35-38-48-40-42(41-50-52(46,47)49-39-37-44(3,4)5)51-43(45)36-34-32-30-28-17-15-13-11-9-7-2/h11,13-14,16,19-20,22-23,42H,6-10,12,15,17-18,21,24-41H2,1-5H3/b13-11-,16-14-,20-19-,23-22-. The highest BCUT2D eigenvalue weighted by atomic mass is 31.2. The Morgan fingerprint density at radius 3 is 1.67 bits per heavy atom. The molecule has 9 heteroatoms. The van der Waals surface area contributed by atoms with Crippen LogP contribution in [0, 0.1) is 0 Å². The van der Waals surface area contributed by atoms with Crippen molar-refractivity contribution in [2.45, 2.75) is 168 Å². The summed E-state index contributed by atoms with van der Waals surface area (Å²) in [5, 5.41) is 0. The molecule has 0 bridgehead atoms. The summed E-state index contributed by atoms with van der Waals surface area (Å²) in [4.78, 5) is 24.9. The molecule has 0 rings (SSSR count). The zero-order valence-electron chi connectivity index (χ0n) is 34.2. The number of quaternary nitrogens is 1. The van der Waals surface area contributed by atoms with Gasteiger partial charge in [-0.2, -0.15) is 0 Å². The van der Waals surface area contributed by atoms with Crippen molar-refractivity contribution in [1.82, 2.24) is 0 Å². The van der Waals surface area contributed by atoms with Crippen molar-refractivity contribution >= 4 is 13.8 Å². The van der Waals surface area contributed by atoms with Crippen LogP contribution in [0.4, 0.5) is 0 Å². The summed E-state index contributed by atoms with van der Waals surface area (Å²) in [7, 11) is 1.34. The second kappa shape index (κ2) is 36.4. The summed E-state index contributed by atoms with van der Waals surface area (Å²) in [6, 6.07) is 0. The zero-order chi connectivity index (χ0) is 38.4. The number of phosphoric ester groups is 1. The Balaban J connectivity index is 4.22. The van der Waals surface area contributed by atoms with E-state index in [-0.39, 0.29) is 25.8 Å². The first-order chi connectivity index (χ1) is 25.1. The van der Waals surface area contributed by atoms with Crippen molar-refractivity contribution < 1.29 is 37.3 Å². The molecule has 0 aromatic heterocycles. The minimum Gasteiger partial charge on any atom is -0.756 e. The molecule has 0 radical (unpaired) electrons. The Hall–Kier alpha value is -1.54. The van der Waals surface area contributed by atoms with Crippen LogP contribution in [0.25, 0.3) is 0 Å². The Morgan fingerprint density at radius 2 is 1.10 bits per heavy atom. The van der Waals surface area contributed by atoms with E-state index in [1.165, 1.54) is 64.2 Å². The van der Waals surface area contributed by atoms with Gasteiger partial charge >= 0.3 is 5.97 Å². The molecule has 0 amide bonds. The number of esters is 1. The largest absolute Gasteiger partial charge is 0.756 e. The molecule has 0 N–H and O–H groups in total. The molecule has 0 spiro atoms. The fourth-order valence-corrected chi connectivity index (χ4v) is 6.05. The first kappa shape index (κ1) is 50.5. The molecule has 52 heavy (non-hydrogen) atoms. The van der Waals surface area contributed by atoms with E-state index >= 15 is 0 Å². The highest BCUT2D eigenvalue weighted by molar-refractivity contribution is 7.45. The van der Waals surface area contributed by atoms with Crippen LogP contribution in [-0.2, 0) is 27.9 Å². The van der Waals surface area contributed by atoms with Crippen molar-refractivity contribution in [3.8, 4) is 0 Å². The van der Waals surface area contributed by atoms with Crippen molar-refractivity contribution in [1.29, 1.82) is 0 Å². The number of hydrogen-bond acceptors (Lipinski definition) is 7. The Morgan fingerprint density at radius 1 is 0.596 bits per heavy atom. The maximum absolute atomic E-state index is 12.6. The monoisotopic (exact) mass is 754 g/mol. The second-order valence-corrected chi connectivity index (χ2v) is 16.4. The number of hydrogen-bond donors (Lipinski definition) is 0. The Kier molecular flexibility index (Phi) is 35.4. The summed E-state index contributed by atoms with van der Waals surface area (Å²) >= 11 is 0. The number of ether oxygens (including phenoxy) is 2. The highest BCUT2D eigenvalue weighted by Gasteiger charge is 2.20. The van der Waals surface area contributed by atoms with Gasteiger partial charge in [-0.3, -0.25) is 9.36 Å². The molecule has 0 saturated heterocycles. The molecule has 0 aromatic rings. The van der Waals surface area contributed by atoms with E-state index in [4.69, 9.17) is 18.5 Å². The molecule has 304 valence electrons. The van der Waals surface area contributed by atoms with E-state index < -0.39 is 13.9 Å². The van der Waals surface area contributed by atoms with Gasteiger partial charge in [0.05, 0.1) is 34.4 Å². The average molecular weight is 754 g/mol. The van der Waals surface area contributed by atoms with Gasteiger partial charge in [0.15, 0.2) is 0 Å². The van der Waals surface area contributed by atoms with Gasteiger partial charge in [-0.1, -0.05) is 133 Å². The van der Waals surface area contributed by atoms with Crippen molar-refractivity contribution in [3.05, 3.63) is 48.6 Å². The normalized spacial score (nSPS) is 14.3. The maximum atomic E-state index is 12.6. The van der Waals surface area contributed by atoms with Crippen molar-refractivity contribution in [3.63, 3.8) is 0 Å². The van der Waals surface area contributed by atoms with Gasteiger partial charge in [-0.15, -0.1) is 0 Å². The van der Waals surface area contributed by atoms with Crippen molar-refractivity contribution in [2.75, 3.05) is 54.1 Å². The topological polar surface area (TPSA) is 94.1 Å². The summed E-state index contributed by atoms with van der Waals surface area (Å²) in [6.45, 7) is 5.27. The van der Waals surface area contributed by atoms with Crippen LogP contribution < -0.4 is 4.89 Å². The summed E-state index contributed by atoms with van der Waals surface area (Å²) in [6.07, 6.45) is 42.7. The van der Waals surface area contributed by atoms with E-state index in [1.807, 2.05) is 21.1 Å². The van der Waals surface area contributed by atoms with Gasteiger partial charge in [0.2, 0.25) is 0 Å². The number of carbonyl (C=O) groups excluding carboxylic acids is 1.